The van der Waals surface area contributed by atoms with Crippen molar-refractivity contribution in [3.63, 3.8) is 0 Å². The van der Waals surface area contributed by atoms with E-state index in [4.69, 9.17) is 14.6 Å². The summed E-state index contributed by atoms with van der Waals surface area (Å²) in [6.45, 7) is 0.550. The van der Waals surface area contributed by atoms with Crippen molar-refractivity contribution in [2.45, 2.75) is 23.7 Å². The van der Waals surface area contributed by atoms with E-state index in [9.17, 15) is 14.4 Å². The van der Waals surface area contributed by atoms with E-state index in [-0.39, 0.29) is 30.3 Å². The zero-order valence-corrected chi connectivity index (χ0v) is 16.0. The summed E-state index contributed by atoms with van der Waals surface area (Å²) in [5, 5.41) is 21.0. The number of esters is 1. The van der Waals surface area contributed by atoms with Gasteiger partial charge >= 0.3 is 12.1 Å². The molecular formula is C15H18N6O6S. The molecule has 0 aliphatic carbocycles. The van der Waals surface area contributed by atoms with Gasteiger partial charge in [-0.2, -0.15) is 0 Å². The minimum absolute atomic E-state index is 0.0216. The number of tetrazole rings is 1. The molecule has 3 aliphatic heterocycles. The summed E-state index contributed by atoms with van der Waals surface area (Å²) in [6, 6.07) is -0.724. The standard InChI is InChI=1S/C15H18N6O6S/c1-19-14(16-17-18-19)28-6-8-7-3-4-20(5-9(22)26-2)11-10(7)21(12(11)23)13(8)27-15(24)25/h7,10-11H,3-6H2,1-2H3,(H,24,25)/t7?,10-,11+/m1/s1. The maximum absolute atomic E-state index is 12.7. The molecule has 0 spiro atoms. The molecule has 4 heterocycles. The lowest BCUT2D eigenvalue weighted by molar-refractivity contribution is -0.166. The number of piperidine rings is 1. The van der Waals surface area contributed by atoms with Crippen molar-refractivity contribution < 1.29 is 29.0 Å². The molecule has 2 fully saturated rings. The van der Waals surface area contributed by atoms with Gasteiger partial charge in [0.25, 0.3) is 0 Å². The Morgan fingerprint density at radius 2 is 2.18 bits per heavy atom. The predicted molar refractivity (Wildman–Crippen MR) is 91.8 cm³/mol. The zero-order valence-electron chi connectivity index (χ0n) is 15.1. The van der Waals surface area contributed by atoms with Gasteiger partial charge < -0.3 is 14.6 Å². The molecule has 2 saturated heterocycles. The van der Waals surface area contributed by atoms with Gasteiger partial charge in [-0.1, -0.05) is 11.8 Å². The van der Waals surface area contributed by atoms with Gasteiger partial charge in [0.2, 0.25) is 16.9 Å². The quantitative estimate of drug-likeness (QED) is 0.361. The fourth-order valence-corrected chi connectivity index (χ4v) is 5.01. The molecular weight excluding hydrogens is 392 g/mol. The maximum atomic E-state index is 12.7. The summed E-state index contributed by atoms with van der Waals surface area (Å²) >= 11 is 1.34. The molecule has 1 unspecified atom stereocenters. The number of rotatable bonds is 6. The molecule has 4 rings (SSSR count). The highest BCUT2D eigenvalue weighted by Crippen LogP contribution is 2.50. The first kappa shape index (κ1) is 18.7. The number of hydrogen-bond donors (Lipinski definition) is 1. The molecule has 13 heteroatoms. The van der Waals surface area contributed by atoms with Crippen molar-refractivity contribution in [2.24, 2.45) is 13.0 Å². The Morgan fingerprint density at radius 1 is 1.39 bits per heavy atom. The Bertz CT molecular complexity index is 871. The molecule has 1 aromatic rings. The highest BCUT2D eigenvalue weighted by atomic mass is 32.2. The third kappa shape index (κ3) is 2.90. The van der Waals surface area contributed by atoms with E-state index in [1.807, 2.05) is 0 Å². The number of aromatic nitrogens is 4. The first-order valence-corrected chi connectivity index (χ1v) is 9.53. The van der Waals surface area contributed by atoms with E-state index < -0.39 is 18.2 Å². The Morgan fingerprint density at radius 3 is 2.82 bits per heavy atom. The summed E-state index contributed by atoms with van der Waals surface area (Å²) < 4.78 is 11.2. The molecule has 0 saturated carbocycles. The van der Waals surface area contributed by atoms with E-state index in [1.165, 1.54) is 28.5 Å². The van der Waals surface area contributed by atoms with Crippen molar-refractivity contribution in [1.29, 1.82) is 0 Å². The van der Waals surface area contributed by atoms with Crippen LogP contribution in [0.4, 0.5) is 4.79 Å². The zero-order chi connectivity index (χ0) is 20.0. The summed E-state index contributed by atoms with van der Waals surface area (Å²) in [7, 11) is 3.01. The number of methoxy groups -OCH3 is 1. The number of hydrogen-bond acceptors (Lipinski definition) is 10. The molecule has 0 aromatic carbocycles. The molecule has 0 radical (unpaired) electrons. The molecule has 28 heavy (non-hydrogen) atoms. The van der Waals surface area contributed by atoms with Gasteiger partial charge in [-0.05, 0) is 16.8 Å². The summed E-state index contributed by atoms with van der Waals surface area (Å²) in [5.74, 6) is -0.254. The van der Waals surface area contributed by atoms with Crippen LogP contribution in [0, 0.1) is 5.92 Å². The smallest absolute Gasteiger partial charge is 0.468 e. The second-order valence-electron chi connectivity index (χ2n) is 6.66. The number of aryl methyl sites for hydroxylation is 1. The second-order valence-corrected chi connectivity index (χ2v) is 7.60. The van der Waals surface area contributed by atoms with Crippen LogP contribution in [0.2, 0.25) is 0 Å². The van der Waals surface area contributed by atoms with Crippen molar-refractivity contribution in [3.05, 3.63) is 11.5 Å². The molecule has 1 amide bonds. The number of nitrogens with zero attached hydrogens (tertiary/aromatic N) is 6. The molecule has 1 N–H and O–H groups in total. The van der Waals surface area contributed by atoms with Crippen molar-refractivity contribution in [2.75, 3.05) is 26.0 Å². The second kappa shape index (κ2) is 7.05. The van der Waals surface area contributed by atoms with Gasteiger partial charge in [-0.15, -0.1) is 5.10 Å². The van der Waals surface area contributed by atoms with E-state index >= 15 is 0 Å². The molecule has 1 aromatic heterocycles. The van der Waals surface area contributed by atoms with Gasteiger partial charge in [0.15, 0.2) is 0 Å². The van der Waals surface area contributed by atoms with Gasteiger partial charge in [0.1, 0.15) is 6.04 Å². The van der Waals surface area contributed by atoms with E-state index in [2.05, 4.69) is 15.5 Å². The number of likely N-dealkylation sites (tertiary alicyclic amines) is 1. The molecule has 0 bridgehead atoms. The molecule has 12 nitrogen and oxygen atoms in total. The summed E-state index contributed by atoms with van der Waals surface area (Å²) in [6.07, 6.45) is -0.805. The Kier molecular flexibility index (Phi) is 4.71. The van der Waals surface area contributed by atoms with Crippen molar-refractivity contribution in [1.82, 2.24) is 30.0 Å². The average molecular weight is 410 g/mol. The van der Waals surface area contributed by atoms with Crippen LogP contribution in [-0.2, 0) is 26.1 Å². The normalized spacial score (nSPS) is 26.1. The van der Waals surface area contributed by atoms with Crippen LogP contribution in [0.25, 0.3) is 0 Å². The number of carbonyl (C=O) groups excluding carboxylic acids is 2. The van der Waals surface area contributed by atoms with Gasteiger partial charge in [0.05, 0.1) is 19.7 Å². The fraction of sp³-hybridized carbons (Fsp3) is 0.600. The highest BCUT2D eigenvalue weighted by molar-refractivity contribution is 7.99. The number of ether oxygens (including phenoxy) is 2. The Balaban J connectivity index is 1.58. The van der Waals surface area contributed by atoms with E-state index in [1.54, 1.807) is 11.9 Å². The monoisotopic (exact) mass is 410 g/mol. The first-order chi connectivity index (χ1) is 13.4. The maximum Gasteiger partial charge on any atom is 0.512 e. The van der Waals surface area contributed by atoms with Crippen molar-refractivity contribution in [3.8, 4) is 0 Å². The van der Waals surface area contributed by atoms with E-state index in [0.29, 0.717) is 23.9 Å². The predicted octanol–water partition coefficient (Wildman–Crippen LogP) is -0.704. The van der Waals surface area contributed by atoms with E-state index in [0.717, 1.165) is 5.57 Å². The van der Waals surface area contributed by atoms with Crippen LogP contribution in [0.5, 0.6) is 0 Å². The minimum atomic E-state index is -1.47. The Hall–Kier alpha value is -2.67. The van der Waals surface area contributed by atoms with Crippen LogP contribution < -0.4 is 0 Å². The van der Waals surface area contributed by atoms with Gasteiger partial charge in [-0.3, -0.25) is 19.4 Å². The van der Waals surface area contributed by atoms with Crippen LogP contribution >= 0.6 is 11.8 Å². The van der Waals surface area contributed by atoms with Crippen molar-refractivity contribution >= 4 is 29.8 Å². The molecule has 150 valence electrons. The van der Waals surface area contributed by atoms with Crippen LogP contribution in [0.1, 0.15) is 6.42 Å². The summed E-state index contributed by atoms with van der Waals surface area (Å²) in [5.41, 5.74) is 0.744. The minimum Gasteiger partial charge on any atom is -0.468 e. The SMILES string of the molecule is COC(=O)CN1CCC2C(CSc3nnnn3C)=C(OC(=O)O)N3C(=O)[C@@H]1[C@@H]23. The largest absolute Gasteiger partial charge is 0.512 e. The van der Waals surface area contributed by atoms with Crippen LogP contribution in [0.3, 0.4) is 0 Å². The van der Waals surface area contributed by atoms with Crippen LogP contribution in [0.15, 0.2) is 16.6 Å². The first-order valence-electron chi connectivity index (χ1n) is 8.55. The number of amides is 1. The lowest BCUT2D eigenvalue weighted by Gasteiger charge is -2.52. The van der Waals surface area contributed by atoms with Crippen LogP contribution in [-0.4, -0.2) is 91.2 Å². The number of β-lactam (4-membered cyclic amide) rings is 1. The molecule has 3 atom stereocenters. The topological polar surface area (TPSA) is 140 Å². The average Bonchev–Trinajstić information content (AvgIpc) is 3.18. The molecule has 3 aliphatic rings. The lowest BCUT2D eigenvalue weighted by atomic mass is 9.78. The number of thioether (sulfide) groups is 1. The van der Waals surface area contributed by atoms with Gasteiger partial charge in [-0.25, -0.2) is 9.48 Å². The fourth-order valence-electron chi connectivity index (χ4n) is 4.07. The van der Waals surface area contributed by atoms with Gasteiger partial charge in [0, 0.05) is 30.8 Å². The number of carbonyl (C=O) groups is 3. The highest BCUT2D eigenvalue weighted by Gasteiger charge is 2.63. The lowest BCUT2D eigenvalue weighted by Crippen LogP contribution is -2.73. The third-order valence-electron chi connectivity index (χ3n) is 5.27. The summed E-state index contributed by atoms with van der Waals surface area (Å²) in [4.78, 5) is 38.8. The number of carboxylic acid groups (broad SMARTS) is 1. The Labute approximate surface area is 163 Å². The third-order valence-corrected chi connectivity index (χ3v) is 6.33.